The van der Waals surface area contributed by atoms with Crippen LogP contribution in [0.25, 0.3) is 0 Å². The summed E-state index contributed by atoms with van der Waals surface area (Å²) in [7, 11) is 0. The zero-order chi connectivity index (χ0) is 9.84. The summed E-state index contributed by atoms with van der Waals surface area (Å²) in [6, 6.07) is 3.40. The first-order chi connectivity index (χ1) is 6.15. The van der Waals surface area contributed by atoms with Gasteiger partial charge in [-0.15, -0.1) is 0 Å². The maximum absolute atomic E-state index is 12.9. The third kappa shape index (κ3) is 2.22. The molecule has 0 bridgehead atoms. The molecule has 0 fully saturated rings. The predicted octanol–water partition coefficient (Wildman–Crippen LogP) is 0.497. The molecule has 0 aliphatic rings. The fourth-order valence-electron chi connectivity index (χ4n) is 0.913. The number of nitrogens with two attached hydrogens (primary N) is 1. The van der Waals surface area contributed by atoms with Crippen molar-refractivity contribution in [1.29, 1.82) is 0 Å². The Morgan fingerprint density at radius 2 is 1.92 bits per heavy atom. The molecule has 0 heterocycles. The molecule has 1 aromatic carbocycles. The number of hydrazine groups is 1. The minimum atomic E-state index is -0.747. The van der Waals surface area contributed by atoms with Gasteiger partial charge in [-0.1, -0.05) is 6.07 Å². The van der Waals surface area contributed by atoms with Gasteiger partial charge in [0.05, 0.1) is 6.42 Å². The zero-order valence-electron chi connectivity index (χ0n) is 6.68. The lowest BCUT2D eigenvalue weighted by atomic mass is 10.1. The molecule has 1 aromatic rings. The highest BCUT2D eigenvalue weighted by molar-refractivity contribution is 5.77. The van der Waals surface area contributed by atoms with Crippen molar-refractivity contribution in [1.82, 2.24) is 5.43 Å². The van der Waals surface area contributed by atoms with Gasteiger partial charge in [-0.3, -0.25) is 10.2 Å². The van der Waals surface area contributed by atoms with E-state index in [1.54, 1.807) is 5.43 Å². The molecule has 0 spiro atoms. The van der Waals surface area contributed by atoms with Gasteiger partial charge >= 0.3 is 0 Å². The molecule has 3 nitrogen and oxygen atoms in total. The van der Waals surface area contributed by atoms with Crippen LogP contribution < -0.4 is 11.3 Å². The van der Waals surface area contributed by atoms with E-state index < -0.39 is 24.0 Å². The van der Waals surface area contributed by atoms with Crippen molar-refractivity contribution in [3.05, 3.63) is 35.4 Å². The van der Waals surface area contributed by atoms with Gasteiger partial charge in [-0.05, 0) is 12.1 Å². The van der Waals surface area contributed by atoms with Crippen molar-refractivity contribution in [2.75, 3.05) is 0 Å². The number of halogens is 2. The summed E-state index contributed by atoms with van der Waals surface area (Å²) in [5.41, 5.74) is 1.52. The summed E-state index contributed by atoms with van der Waals surface area (Å²) in [6.07, 6.45) is -0.394. The fourth-order valence-corrected chi connectivity index (χ4v) is 0.913. The Kier molecular flexibility index (Phi) is 2.92. The average molecular weight is 186 g/mol. The van der Waals surface area contributed by atoms with Crippen LogP contribution in [-0.4, -0.2) is 5.91 Å². The number of carbonyl (C=O) groups is 1. The Morgan fingerprint density at radius 3 is 2.38 bits per heavy atom. The van der Waals surface area contributed by atoms with Crippen LogP contribution >= 0.6 is 0 Å². The van der Waals surface area contributed by atoms with E-state index in [9.17, 15) is 13.6 Å². The van der Waals surface area contributed by atoms with Crippen LogP contribution in [0.1, 0.15) is 5.56 Å². The summed E-state index contributed by atoms with van der Waals surface area (Å²) in [6.45, 7) is 0. The van der Waals surface area contributed by atoms with Crippen LogP contribution in [-0.2, 0) is 11.2 Å². The van der Waals surface area contributed by atoms with Crippen molar-refractivity contribution < 1.29 is 13.6 Å². The number of carbonyl (C=O) groups excluding carboxylic acids is 1. The third-order valence-corrected chi connectivity index (χ3v) is 1.56. The first-order valence-electron chi connectivity index (χ1n) is 3.57. The maximum atomic E-state index is 12.9. The Bertz CT molecular complexity index is 308. The second-order valence-electron chi connectivity index (χ2n) is 2.44. The summed E-state index contributed by atoms with van der Waals surface area (Å²) in [5, 5.41) is 0. The van der Waals surface area contributed by atoms with Crippen molar-refractivity contribution in [2.45, 2.75) is 6.42 Å². The number of rotatable bonds is 2. The lowest BCUT2D eigenvalue weighted by Crippen LogP contribution is -2.31. The minimum absolute atomic E-state index is 0.273. The monoisotopic (exact) mass is 186 g/mol. The Morgan fingerprint density at radius 1 is 1.38 bits per heavy atom. The molecule has 1 amide bonds. The molecule has 0 radical (unpaired) electrons. The SMILES string of the molecule is NNC(=O)Cc1c(F)cccc1F. The van der Waals surface area contributed by atoms with Gasteiger partial charge in [0.1, 0.15) is 11.6 Å². The quantitative estimate of drug-likeness (QED) is 0.401. The highest BCUT2D eigenvalue weighted by Gasteiger charge is 2.11. The second kappa shape index (κ2) is 3.95. The van der Waals surface area contributed by atoms with E-state index in [2.05, 4.69) is 0 Å². The molecule has 0 aliphatic carbocycles. The van der Waals surface area contributed by atoms with Crippen molar-refractivity contribution in [3.8, 4) is 0 Å². The van der Waals surface area contributed by atoms with E-state index in [-0.39, 0.29) is 5.56 Å². The highest BCUT2D eigenvalue weighted by atomic mass is 19.1. The van der Waals surface area contributed by atoms with Crippen LogP contribution in [0.5, 0.6) is 0 Å². The molecule has 0 saturated carbocycles. The first kappa shape index (κ1) is 9.60. The molecule has 1 rings (SSSR count). The highest BCUT2D eigenvalue weighted by Crippen LogP contribution is 2.12. The Balaban J connectivity index is 2.93. The van der Waals surface area contributed by atoms with E-state index in [1.807, 2.05) is 0 Å². The molecule has 5 heteroatoms. The molecule has 0 unspecified atom stereocenters. The van der Waals surface area contributed by atoms with Crippen LogP contribution in [0.4, 0.5) is 8.78 Å². The van der Waals surface area contributed by atoms with Crippen molar-refractivity contribution in [2.24, 2.45) is 5.84 Å². The van der Waals surface area contributed by atoms with E-state index in [1.165, 1.54) is 6.07 Å². The maximum Gasteiger partial charge on any atom is 0.238 e. The molecule has 3 N–H and O–H groups in total. The van der Waals surface area contributed by atoms with Crippen LogP contribution in [0.2, 0.25) is 0 Å². The van der Waals surface area contributed by atoms with Crippen molar-refractivity contribution >= 4 is 5.91 Å². The topological polar surface area (TPSA) is 55.1 Å². The normalized spacial score (nSPS) is 9.77. The fraction of sp³-hybridized carbons (Fsp3) is 0.125. The molecule has 13 heavy (non-hydrogen) atoms. The lowest BCUT2D eigenvalue weighted by Gasteiger charge is -2.02. The minimum Gasteiger partial charge on any atom is -0.294 e. The van der Waals surface area contributed by atoms with Gasteiger partial charge in [0.2, 0.25) is 5.91 Å². The van der Waals surface area contributed by atoms with Gasteiger partial charge in [0.25, 0.3) is 0 Å². The number of nitrogens with one attached hydrogen (secondary N) is 1. The number of amides is 1. The van der Waals surface area contributed by atoms with Crippen molar-refractivity contribution in [3.63, 3.8) is 0 Å². The molecule has 0 saturated heterocycles. The Hall–Kier alpha value is -1.49. The summed E-state index contributed by atoms with van der Waals surface area (Å²) in [4.78, 5) is 10.7. The summed E-state index contributed by atoms with van der Waals surface area (Å²) in [5.74, 6) is 2.65. The third-order valence-electron chi connectivity index (χ3n) is 1.56. The van der Waals surface area contributed by atoms with Gasteiger partial charge in [0, 0.05) is 5.56 Å². The molecular formula is C8H8F2N2O. The van der Waals surface area contributed by atoms with Gasteiger partial charge in [0.15, 0.2) is 0 Å². The molecular weight excluding hydrogens is 178 g/mol. The number of benzene rings is 1. The standard InChI is InChI=1S/C8H8F2N2O/c9-6-2-1-3-7(10)5(6)4-8(13)12-11/h1-3H,4,11H2,(H,12,13). The van der Waals surface area contributed by atoms with Gasteiger partial charge in [-0.2, -0.15) is 0 Å². The van der Waals surface area contributed by atoms with Crippen LogP contribution in [0, 0.1) is 11.6 Å². The molecule has 0 aromatic heterocycles. The van der Waals surface area contributed by atoms with Crippen LogP contribution in [0.3, 0.4) is 0 Å². The lowest BCUT2D eigenvalue weighted by molar-refractivity contribution is -0.120. The average Bonchev–Trinajstić information content (AvgIpc) is 2.11. The largest absolute Gasteiger partial charge is 0.294 e. The smallest absolute Gasteiger partial charge is 0.238 e. The van der Waals surface area contributed by atoms with Gasteiger partial charge in [-0.25, -0.2) is 14.6 Å². The summed E-state index contributed by atoms with van der Waals surface area (Å²) < 4.78 is 25.8. The predicted molar refractivity (Wildman–Crippen MR) is 42.4 cm³/mol. The van der Waals surface area contributed by atoms with E-state index >= 15 is 0 Å². The Labute approximate surface area is 73.5 Å². The van der Waals surface area contributed by atoms with E-state index in [0.29, 0.717) is 0 Å². The first-order valence-corrected chi connectivity index (χ1v) is 3.57. The molecule has 70 valence electrons. The zero-order valence-corrected chi connectivity index (χ0v) is 6.68. The van der Waals surface area contributed by atoms with E-state index in [4.69, 9.17) is 5.84 Å². The van der Waals surface area contributed by atoms with Gasteiger partial charge < -0.3 is 0 Å². The second-order valence-corrected chi connectivity index (χ2v) is 2.44. The molecule has 0 atom stereocenters. The molecule has 0 aliphatic heterocycles. The van der Waals surface area contributed by atoms with Crippen LogP contribution in [0.15, 0.2) is 18.2 Å². The number of hydrogen-bond acceptors (Lipinski definition) is 2. The number of hydrogen-bond donors (Lipinski definition) is 2. The summed E-state index contributed by atoms with van der Waals surface area (Å²) >= 11 is 0. The van der Waals surface area contributed by atoms with E-state index in [0.717, 1.165) is 12.1 Å².